The molecule has 0 unspecified atom stereocenters. The summed E-state index contributed by atoms with van der Waals surface area (Å²) >= 11 is 0. The molecular weight excluding hydrogens is 360 g/mol. The number of benzene rings is 1. The third-order valence-electron chi connectivity index (χ3n) is 5.41. The largest absolute Gasteiger partial charge is 0.486 e. The zero-order valence-electron chi connectivity index (χ0n) is 15.8. The number of aliphatic hydroxyl groups excluding tert-OH is 1. The molecule has 1 saturated carbocycles. The van der Waals surface area contributed by atoms with Gasteiger partial charge in [-0.15, -0.1) is 0 Å². The van der Waals surface area contributed by atoms with E-state index < -0.39 is 5.91 Å². The maximum Gasteiger partial charge on any atom is 0.263 e. The van der Waals surface area contributed by atoms with Crippen molar-refractivity contribution in [1.82, 2.24) is 4.57 Å². The Balaban J connectivity index is 1.59. The van der Waals surface area contributed by atoms with Crippen LogP contribution in [0.1, 0.15) is 47.6 Å². The molecule has 2 heterocycles. The van der Waals surface area contributed by atoms with Crippen LogP contribution in [0.3, 0.4) is 0 Å². The highest BCUT2D eigenvalue weighted by Gasteiger charge is 2.24. The van der Waals surface area contributed by atoms with Crippen LogP contribution >= 0.6 is 0 Å². The molecule has 1 aromatic heterocycles. The van der Waals surface area contributed by atoms with Crippen molar-refractivity contribution < 1.29 is 19.4 Å². The number of fused-ring (bicyclic) bond motifs is 1. The number of nitrogens with one attached hydrogen (secondary N) is 1. The van der Waals surface area contributed by atoms with Gasteiger partial charge in [-0.25, -0.2) is 0 Å². The van der Waals surface area contributed by atoms with Gasteiger partial charge >= 0.3 is 0 Å². The number of hydrogen-bond donors (Lipinski definition) is 2. The Hall–Kier alpha value is -2.80. The molecule has 2 aromatic rings. The zero-order chi connectivity index (χ0) is 19.7. The molecule has 0 saturated heterocycles. The maximum absolute atomic E-state index is 13.0. The number of nitrogens with zero attached hydrogens (tertiary/aromatic N) is 1. The van der Waals surface area contributed by atoms with E-state index in [1.54, 1.807) is 42.0 Å². The molecule has 1 aliphatic heterocycles. The van der Waals surface area contributed by atoms with Crippen molar-refractivity contribution in [2.45, 2.75) is 44.8 Å². The summed E-state index contributed by atoms with van der Waals surface area (Å²) in [5.74, 6) is 0.776. The lowest BCUT2D eigenvalue weighted by Crippen LogP contribution is -2.34. The summed E-state index contributed by atoms with van der Waals surface area (Å²) < 4.78 is 12.7. The number of aliphatic hydroxyl groups is 1. The monoisotopic (exact) mass is 384 g/mol. The molecule has 0 radical (unpaired) electrons. The number of hydrogen-bond acceptors (Lipinski definition) is 5. The minimum absolute atomic E-state index is 0.0114. The highest BCUT2D eigenvalue weighted by Crippen LogP contribution is 2.33. The van der Waals surface area contributed by atoms with Crippen molar-refractivity contribution >= 4 is 11.6 Å². The van der Waals surface area contributed by atoms with Gasteiger partial charge in [-0.05, 0) is 56.4 Å². The van der Waals surface area contributed by atoms with E-state index in [9.17, 15) is 14.7 Å². The second-order valence-corrected chi connectivity index (χ2v) is 7.36. The smallest absolute Gasteiger partial charge is 0.263 e. The SMILES string of the molecule is Cc1ccn(C2CCC(O)CC2)c(=O)c1C(=O)Nc1ccc2c(c1)OCCO2. The second-order valence-electron chi connectivity index (χ2n) is 7.36. The van der Waals surface area contributed by atoms with Crippen LogP contribution in [0.15, 0.2) is 35.3 Å². The van der Waals surface area contributed by atoms with E-state index in [4.69, 9.17) is 9.47 Å². The van der Waals surface area contributed by atoms with Gasteiger partial charge in [0.1, 0.15) is 18.8 Å². The van der Waals surface area contributed by atoms with Gasteiger partial charge in [0.25, 0.3) is 11.5 Å². The number of carbonyl (C=O) groups is 1. The van der Waals surface area contributed by atoms with Crippen LogP contribution in [0.4, 0.5) is 5.69 Å². The lowest BCUT2D eigenvalue weighted by molar-refractivity contribution is 0.101. The van der Waals surface area contributed by atoms with Gasteiger partial charge in [0.2, 0.25) is 0 Å². The first-order valence-corrected chi connectivity index (χ1v) is 9.64. The highest BCUT2D eigenvalue weighted by molar-refractivity contribution is 6.05. The summed E-state index contributed by atoms with van der Waals surface area (Å²) in [5.41, 5.74) is 1.02. The van der Waals surface area contributed by atoms with E-state index in [1.807, 2.05) is 0 Å². The van der Waals surface area contributed by atoms with Crippen LogP contribution in [0, 0.1) is 6.92 Å². The van der Waals surface area contributed by atoms with Gasteiger partial charge in [-0.2, -0.15) is 0 Å². The van der Waals surface area contributed by atoms with Crippen LogP contribution in [0.5, 0.6) is 11.5 Å². The molecule has 7 heteroatoms. The first-order chi connectivity index (χ1) is 13.5. The molecule has 1 amide bonds. The van der Waals surface area contributed by atoms with E-state index in [1.165, 1.54) is 0 Å². The number of rotatable bonds is 3. The van der Waals surface area contributed by atoms with Crippen molar-refractivity contribution in [1.29, 1.82) is 0 Å². The number of ether oxygens (including phenoxy) is 2. The van der Waals surface area contributed by atoms with Gasteiger partial charge in [0.05, 0.1) is 6.10 Å². The predicted octanol–water partition coefficient (Wildman–Crippen LogP) is 2.66. The molecule has 0 bridgehead atoms. The molecule has 1 aliphatic carbocycles. The molecule has 1 fully saturated rings. The Kier molecular flexibility index (Phi) is 5.09. The van der Waals surface area contributed by atoms with E-state index in [2.05, 4.69) is 5.32 Å². The topological polar surface area (TPSA) is 89.8 Å². The Morgan fingerprint density at radius 3 is 2.57 bits per heavy atom. The number of aromatic nitrogens is 1. The number of anilines is 1. The molecule has 0 spiro atoms. The number of pyridine rings is 1. The van der Waals surface area contributed by atoms with Crippen molar-refractivity contribution in [3.05, 3.63) is 51.9 Å². The Bertz CT molecular complexity index is 944. The van der Waals surface area contributed by atoms with Gasteiger partial charge in [0, 0.05) is 24.0 Å². The number of carbonyl (C=O) groups excluding carboxylic acids is 1. The second kappa shape index (κ2) is 7.67. The summed E-state index contributed by atoms with van der Waals surface area (Å²) in [6, 6.07) is 6.98. The van der Waals surface area contributed by atoms with Crippen LogP contribution in [0.2, 0.25) is 0 Å². The minimum atomic E-state index is -0.440. The van der Waals surface area contributed by atoms with Gasteiger partial charge < -0.3 is 24.5 Å². The predicted molar refractivity (Wildman–Crippen MR) is 104 cm³/mol. The summed E-state index contributed by atoms with van der Waals surface area (Å²) in [5, 5.41) is 12.5. The van der Waals surface area contributed by atoms with Crippen molar-refractivity contribution in [2.75, 3.05) is 18.5 Å². The molecule has 4 rings (SSSR count). The first kappa shape index (κ1) is 18.6. The quantitative estimate of drug-likeness (QED) is 0.849. The lowest BCUT2D eigenvalue weighted by Gasteiger charge is -2.27. The van der Waals surface area contributed by atoms with Crippen LogP contribution in [0.25, 0.3) is 0 Å². The fraction of sp³-hybridized carbons (Fsp3) is 0.429. The molecule has 2 aliphatic rings. The van der Waals surface area contributed by atoms with Crippen LogP contribution in [-0.4, -0.2) is 34.9 Å². The van der Waals surface area contributed by atoms with Crippen molar-refractivity contribution in [2.24, 2.45) is 0 Å². The average molecular weight is 384 g/mol. The van der Waals surface area contributed by atoms with Crippen molar-refractivity contribution in [3.63, 3.8) is 0 Å². The minimum Gasteiger partial charge on any atom is -0.486 e. The maximum atomic E-state index is 13.0. The fourth-order valence-electron chi connectivity index (χ4n) is 3.86. The molecule has 7 nitrogen and oxygen atoms in total. The summed E-state index contributed by atoms with van der Waals surface area (Å²) in [6.45, 7) is 2.72. The fourth-order valence-corrected chi connectivity index (χ4v) is 3.86. The molecule has 2 N–H and O–H groups in total. The van der Waals surface area contributed by atoms with Gasteiger partial charge in [-0.1, -0.05) is 0 Å². The van der Waals surface area contributed by atoms with Gasteiger partial charge in [0.15, 0.2) is 11.5 Å². The van der Waals surface area contributed by atoms with E-state index >= 15 is 0 Å². The van der Waals surface area contributed by atoms with E-state index in [0.29, 0.717) is 48.8 Å². The Morgan fingerprint density at radius 2 is 1.82 bits per heavy atom. The normalized spacial score (nSPS) is 21.2. The zero-order valence-corrected chi connectivity index (χ0v) is 15.8. The number of aryl methyl sites for hydroxylation is 1. The van der Waals surface area contributed by atoms with Crippen LogP contribution in [-0.2, 0) is 0 Å². The first-order valence-electron chi connectivity index (χ1n) is 9.64. The summed E-state index contributed by atoms with van der Waals surface area (Å²) in [7, 11) is 0. The Morgan fingerprint density at radius 1 is 1.11 bits per heavy atom. The molecular formula is C21H24N2O5. The van der Waals surface area contributed by atoms with E-state index in [0.717, 1.165) is 12.8 Å². The van der Waals surface area contributed by atoms with E-state index in [-0.39, 0.29) is 23.3 Å². The van der Waals surface area contributed by atoms with Crippen LogP contribution < -0.4 is 20.3 Å². The summed E-state index contributed by atoms with van der Waals surface area (Å²) in [6.07, 6.45) is 4.25. The van der Waals surface area contributed by atoms with Crippen molar-refractivity contribution in [3.8, 4) is 11.5 Å². The summed E-state index contributed by atoms with van der Waals surface area (Å²) in [4.78, 5) is 25.9. The molecule has 28 heavy (non-hydrogen) atoms. The highest BCUT2D eigenvalue weighted by atomic mass is 16.6. The third kappa shape index (κ3) is 3.62. The lowest BCUT2D eigenvalue weighted by atomic mass is 9.92. The number of amides is 1. The average Bonchev–Trinajstić information content (AvgIpc) is 2.69. The molecule has 0 atom stereocenters. The standard InChI is InChI=1S/C21H24N2O5/c1-13-8-9-23(15-3-5-16(24)6-4-15)21(26)19(13)20(25)22-14-2-7-17-18(12-14)28-11-10-27-17/h2,7-9,12,15-16,24H,3-6,10-11H2,1H3,(H,22,25). The molecule has 148 valence electrons. The van der Waals surface area contributed by atoms with Gasteiger partial charge in [-0.3, -0.25) is 9.59 Å². The third-order valence-corrected chi connectivity index (χ3v) is 5.41. The molecule has 1 aromatic carbocycles. The Labute approximate surface area is 162 Å².